The molecule has 1 fully saturated rings. The third-order valence-electron chi connectivity index (χ3n) is 3.15. The number of aliphatic imine (C=N–C) groups is 1. The lowest BCUT2D eigenvalue weighted by Gasteiger charge is -2.12. The number of nitrogens with one attached hydrogen (secondary N) is 2. The summed E-state index contributed by atoms with van der Waals surface area (Å²) in [5.41, 5.74) is 3.87. The highest BCUT2D eigenvalue weighted by Crippen LogP contribution is 2.21. The molecule has 0 heterocycles. The Hall–Kier alpha value is -1.62. The SMILES string of the molecule is Cc1ccc(F)c(NC(=NC2CCCC2)NN)c1. The van der Waals surface area contributed by atoms with Crippen LogP contribution in [0.25, 0.3) is 0 Å². The molecule has 98 valence electrons. The summed E-state index contributed by atoms with van der Waals surface area (Å²) in [6.45, 7) is 1.91. The Balaban J connectivity index is 2.11. The highest BCUT2D eigenvalue weighted by atomic mass is 19.1. The maximum Gasteiger partial charge on any atom is 0.210 e. The summed E-state index contributed by atoms with van der Waals surface area (Å²) in [5, 5.41) is 2.90. The quantitative estimate of drug-likeness (QED) is 0.327. The third-order valence-corrected chi connectivity index (χ3v) is 3.15. The largest absolute Gasteiger partial charge is 0.323 e. The van der Waals surface area contributed by atoms with Crippen LogP contribution in [0.5, 0.6) is 0 Å². The Labute approximate surface area is 106 Å². The summed E-state index contributed by atoms with van der Waals surface area (Å²) in [6, 6.07) is 5.18. The van der Waals surface area contributed by atoms with Crippen LogP contribution in [-0.4, -0.2) is 12.0 Å². The van der Waals surface area contributed by atoms with Crippen LogP contribution >= 0.6 is 0 Å². The van der Waals surface area contributed by atoms with Crippen molar-refractivity contribution in [3.63, 3.8) is 0 Å². The third kappa shape index (κ3) is 3.20. The molecular weight excluding hydrogens is 231 g/mol. The minimum atomic E-state index is -0.310. The first kappa shape index (κ1) is 12.8. The van der Waals surface area contributed by atoms with Crippen molar-refractivity contribution in [3.05, 3.63) is 29.6 Å². The van der Waals surface area contributed by atoms with E-state index < -0.39 is 0 Å². The summed E-state index contributed by atoms with van der Waals surface area (Å²) in [6.07, 6.45) is 4.54. The lowest BCUT2D eigenvalue weighted by molar-refractivity contribution is 0.631. The molecule has 1 aromatic carbocycles. The van der Waals surface area contributed by atoms with Gasteiger partial charge in [0.15, 0.2) is 0 Å². The molecule has 1 saturated carbocycles. The van der Waals surface area contributed by atoms with Crippen molar-refractivity contribution < 1.29 is 4.39 Å². The van der Waals surface area contributed by atoms with E-state index in [-0.39, 0.29) is 11.9 Å². The van der Waals surface area contributed by atoms with Gasteiger partial charge in [-0.1, -0.05) is 18.9 Å². The van der Waals surface area contributed by atoms with Gasteiger partial charge in [0, 0.05) is 0 Å². The number of hydrogen-bond acceptors (Lipinski definition) is 2. The van der Waals surface area contributed by atoms with Crippen LogP contribution in [-0.2, 0) is 0 Å². The van der Waals surface area contributed by atoms with E-state index in [0.29, 0.717) is 11.6 Å². The average Bonchev–Trinajstić information content (AvgIpc) is 2.85. The van der Waals surface area contributed by atoms with E-state index in [1.807, 2.05) is 6.92 Å². The number of hydrazine groups is 1. The molecule has 4 N–H and O–H groups in total. The van der Waals surface area contributed by atoms with Gasteiger partial charge in [0.2, 0.25) is 5.96 Å². The maximum absolute atomic E-state index is 13.6. The second kappa shape index (κ2) is 5.82. The van der Waals surface area contributed by atoms with Gasteiger partial charge in [-0.3, -0.25) is 5.43 Å². The Morgan fingerprint density at radius 2 is 2.11 bits per heavy atom. The molecule has 1 aromatic rings. The van der Waals surface area contributed by atoms with Crippen molar-refractivity contribution in [2.45, 2.75) is 38.6 Å². The zero-order valence-corrected chi connectivity index (χ0v) is 10.5. The van der Waals surface area contributed by atoms with E-state index in [1.165, 1.54) is 18.9 Å². The van der Waals surface area contributed by atoms with Gasteiger partial charge >= 0.3 is 0 Å². The van der Waals surface area contributed by atoms with E-state index >= 15 is 0 Å². The number of halogens is 1. The number of nitrogens with zero attached hydrogens (tertiary/aromatic N) is 1. The second-order valence-electron chi connectivity index (χ2n) is 4.67. The van der Waals surface area contributed by atoms with Gasteiger partial charge in [0.1, 0.15) is 5.82 Å². The van der Waals surface area contributed by atoms with Crippen LogP contribution in [0.2, 0.25) is 0 Å². The number of rotatable bonds is 2. The van der Waals surface area contributed by atoms with Crippen LogP contribution in [0.4, 0.5) is 10.1 Å². The molecule has 0 bridgehead atoms. The van der Waals surface area contributed by atoms with E-state index in [0.717, 1.165) is 18.4 Å². The van der Waals surface area contributed by atoms with Gasteiger partial charge < -0.3 is 5.32 Å². The Morgan fingerprint density at radius 1 is 1.39 bits per heavy atom. The normalized spacial score (nSPS) is 16.9. The molecule has 0 unspecified atom stereocenters. The molecule has 0 radical (unpaired) electrons. The first-order valence-electron chi connectivity index (χ1n) is 6.26. The molecular formula is C13H19FN4. The fraction of sp³-hybridized carbons (Fsp3) is 0.462. The standard InChI is InChI=1S/C13H19FN4/c1-9-6-7-11(14)12(8-9)17-13(18-15)16-10-4-2-3-5-10/h6-8,10H,2-5,15H2,1H3,(H2,16,17,18). The molecule has 0 aromatic heterocycles. The van der Waals surface area contributed by atoms with Crippen LogP contribution in [0.15, 0.2) is 23.2 Å². The van der Waals surface area contributed by atoms with E-state index in [1.54, 1.807) is 12.1 Å². The van der Waals surface area contributed by atoms with Crippen molar-refractivity contribution in [1.82, 2.24) is 5.43 Å². The van der Waals surface area contributed by atoms with Crippen molar-refractivity contribution in [2.24, 2.45) is 10.8 Å². The number of benzene rings is 1. The summed E-state index contributed by atoms with van der Waals surface area (Å²) in [7, 11) is 0. The number of nitrogens with two attached hydrogens (primary N) is 1. The number of anilines is 1. The zero-order valence-electron chi connectivity index (χ0n) is 10.5. The lowest BCUT2D eigenvalue weighted by atomic mass is 10.2. The molecule has 1 aliphatic rings. The molecule has 2 rings (SSSR count). The summed E-state index contributed by atoms with van der Waals surface area (Å²) >= 11 is 0. The smallest absolute Gasteiger partial charge is 0.210 e. The first-order chi connectivity index (χ1) is 8.69. The van der Waals surface area contributed by atoms with Crippen LogP contribution in [0, 0.1) is 12.7 Å². The van der Waals surface area contributed by atoms with Crippen molar-refractivity contribution in [3.8, 4) is 0 Å². The molecule has 0 amide bonds. The average molecular weight is 250 g/mol. The van der Waals surface area contributed by atoms with Gasteiger partial charge in [-0.15, -0.1) is 0 Å². The van der Waals surface area contributed by atoms with Gasteiger partial charge in [-0.25, -0.2) is 15.2 Å². The Kier molecular flexibility index (Phi) is 4.15. The summed E-state index contributed by atoms with van der Waals surface area (Å²) in [4.78, 5) is 4.46. The number of guanidine groups is 1. The monoisotopic (exact) mass is 250 g/mol. The number of aryl methyl sites for hydroxylation is 1. The van der Waals surface area contributed by atoms with Crippen molar-refractivity contribution in [1.29, 1.82) is 0 Å². The van der Waals surface area contributed by atoms with Gasteiger partial charge in [-0.2, -0.15) is 0 Å². The highest BCUT2D eigenvalue weighted by molar-refractivity contribution is 5.93. The maximum atomic E-state index is 13.6. The predicted molar refractivity (Wildman–Crippen MR) is 71.8 cm³/mol. The van der Waals surface area contributed by atoms with Crippen LogP contribution in [0.1, 0.15) is 31.2 Å². The zero-order chi connectivity index (χ0) is 13.0. The lowest BCUT2D eigenvalue weighted by Crippen LogP contribution is -2.37. The van der Waals surface area contributed by atoms with Gasteiger partial charge in [-0.05, 0) is 37.5 Å². The molecule has 4 nitrogen and oxygen atoms in total. The van der Waals surface area contributed by atoms with E-state index in [2.05, 4.69) is 15.7 Å². The Morgan fingerprint density at radius 3 is 2.78 bits per heavy atom. The molecule has 5 heteroatoms. The fourth-order valence-electron chi connectivity index (χ4n) is 2.18. The van der Waals surface area contributed by atoms with Crippen molar-refractivity contribution >= 4 is 11.6 Å². The van der Waals surface area contributed by atoms with Gasteiger partial charge in [0.05, 0.1) is 11.7 Å². The molecule has 18 heavy (non-hydrogen) atoms. The molecule has 0 spiro atoms. The van der Waals surface area contributed by atoms with E-state index in [9.17, 15) is 4.39 Å². The first-order valence-corrected chi connectivity index (χ1v) is 6.26. The topological polar surface area (TPSA) is 62.4 Å². The second-order valence-corrected chi connectivity index (χ2v) is 4.67. The minimum absolute atomic E-state index is 0.288. The minimum Gasteiger partial charge on any atom is -0.323 e. The molecule has 0 saturated heterocycles. The van der Waals surface area contributed by atoms with Gasteiger partial charge in [0.25, 0.3) is 0 Å². The number of hydrogen-bond donors (Lipinski definition) is 3. The Bertz CT molecular complexity index is 439. The molecule has 1 aliphatic carbocycles. The van der Waals surface area contributed by atoms with Crippen LogP contribution in [0.3, 0.4) is 0 Å². The van der Waals surface area contributed by atoms with Crippen LogP contribution < -0.4 is 16.6 Å². The summed E-state index contributed by atoms with van der Waals surface area (Å²) in [5.74, 6) is 5.53. The molecule has 0 atom stereocenters. The molecule has 0 aliphatic heterocycles. The predicted octanol–water partition coefficient (Wildman–Crippen LogP) is 2.31. The summed E-state index contributed by atoms with van der Waals surface area (Å²) < 4.78 is 13.6. The highest BCUT2D eigenvalue weighted by Gasteiger charge is 2.15. The fourth-order valence-corrected chi connectivity index (χ4v) is 2.18. The van der Waals surface area contributed by atoms with E-state index in [4.69, 9.17) is 5.84 Å². The van der Waals surface area contributed by atoms with Crippen molar-refractivity contribution in [2.75, 3.05) is 5.32 Å².